The van der Waals surface area contributed by atoms with Crippen LogP contribution in [-0.4, -0.2) is 12.2 Å². The molecule has 0 aromatic heterocycles. The molecule has 2 unspecified atom stereocenters. The average molecular weight is 243 g/mol. The van der Waals surface area contributed by atoms with Crippen molar-refractivity contribution in [1.29, 1.82) is 0 Å². The molecule has 94 valence electrons. The summed E-state index contributed by atoms with van der Waals surface area (Å²) < 4.78 is 38.8. The van der Waals surface area contributed by atoms with Gasteiger partial charge in [0.05, 0.1) is 0 Å². The van der Waals surface area contributed by atoms with E-state index in [1.54, 1.807) is 31.2 Å². The van der Waals surface area contributed by atoms with Gasteiger partial charge in [0.1, 0.15) is 6.04 Å². The van der Waals surface area contributed by atoms with Crippen molar-refractivity contribution in [3.63, 3.8) is 0 Å². The van der Waals surface area contributed by atoms with Gasteiger partial charge in [-0.1, -0.05) is 36.4 Å². The first-order valence-electron chi connectivity index (χ1n) is 5.43. The van der Waals surface area contributed by atoms with Gasteiger partial charge >= 0.3 is 6.18 Å². The van der Waals surface area contributed by atoms with Crippen LogP contribution in [0.4, 0.5) is 13.2 Å². The van der Waals surface area contributed by atoms with E-state index in [4.69, 9.17) is 0 Å². The second kappa shape index (κ2) is 5.87. The third kappa shape index (κ3) is 4.23. The monoisotopic (exact) mass is 243 g/mol. The molecule has 0 spiro atoms. The maximum Gasteiger partial charge on any atom is 0.407 e. The van der Waals surface area contributed by atoms with E-state index in [0.717, 1.165) is 0 Å². The number of nitrogens with one attached hydrogen (secondary N) is 1. The van der Waals surface area contributed by atoms with Crippen LogP contribution in [0.2, 0.25) is 0 Å². The number of halogens is 3. The number of alkyl halides is 3. The SMILES string of the molecule is C=CCC(C)NC(c1ccccc1)C(F)(F)F. The molecule has 1 nitrogen and oxygen atoms in total. The maximum absolute atomic E-state index is 12.9. The molecule has 0 radical (unpaired) electrons. The lowest BCUT2D eigenvalue weighted by Crippen LogP contribution is -2.39. The summed E-state index contributed by atoms with van der Waals surface area (Å²) in [5.41, 5.74) is 0.232. The van der Waals surface area contributed by atoms with Crippen LogP contribution in [0, 0.1) is 0 Å². The molecule has 0 saturated heterocycles. The summed E-state index contributed by atoms with van der Waals surface area (Å²) in [7, 11) is 0. The van der Waals surface area contributed by atoms with E-state index in [2.05, 4.69) is 11.9 Å². The van der Waals surface area contributed by atoms with E-state index >= 15 is 0 Å². The normalized spacial score (nSPS) is 15.3. The highest BCUT2D eigenvalue weighted by atomic mass is 19.4. The number of rotatable bonds is 5. The number of benzene rings is 1. The second-order valence-electron chi connectivity index (χ2n) is 3.98. The van der Waals surface area contributed by atoms with Crippen molar-refractivity contribution >= 4 is 0 Å². The van der Waals surface area contributed by atoms with Crippen molar-refractivity contribution < 1.29 is 13.2 Å². The minimum Gasteiger partial charge on any atom is -0.300 e. The summed E-state index contributed by atoms with van der Waals surface area (Å²) in [5, 5.41) is 2.58. The minimum atomic E-state index is -4.29. The van der Waals surface area contributed by atoms with Gasteiger partial charge in [-0.3, -0.25) is 5.32 Å². The highest BCUT2D eigenvalue weighted by Gasteiger charge is 2.40. The zero-order valence-electron chi connectivity index (χ0n) is 9.67. The molecular formula is C13H16F3N. The average Bonchev–Trinajstić information content (AvgIpc) is 2.26. The zero-order chi connectivity index (χ0) is 12.9. The Bertz CT molecular complexity index is 345. The molecule has 0 amide bonds. The molecule has 17 heavy (non-hydrogen) atoms. The summed E-state index contributed by atoms with van der Waals surface area (Å²) in [6.07, 6.45) is -2.19. The van der Waals surface area contributed by atoms with Gasteiger partial charge in [-0.05, 0) is 18.9 Å². The van der Waals surface area contributed by atoms with E-state index in [1.807, 2.05) is 0 Å². The van der Waals surface area contributed by atoms with Crippen LogP contribution in [-0.2, 0) is 0 Å². The van der Waals surface area contributed by atoms with Crippen molar-refractivity contribution in [3.05, 3.63) is 48.6 Å². The first-order valence-corrected chi connectivity index (χ1v) is 5.43. The van der Waals surface area contributed by atoms with Crippen LogP contribution in [0.3, 0.4) is 0 Å². The van der Waals surface area contributed by atoms with Gasteiger partial charge in [0.2, 0.25) is 0 Å². The molecule has 0 fully saturated rings. The van der Waals surface area contributed by atoms with Crippen molar-refractivity contribution in [2.24, 2.45) is 0 Å². The van der Waals surface area contributed by atoms with Crippen LogP contribution in [0.15, 0.2) is 43.0 Å². The van der Waals surface area contributed by atoms with Crippen LogP contribution < -0.4 is 5.32 Å². The van der Waals surface area contributed by atoms with Crippen molar-refractivity contribution in [2.75, 3.05) is 0 Å². The molecule has 0 bridgehead atoms. The second-order valence-corrected chi connectivity index (χ2v) is 3.98. The Labute approximate surface area is 99.3 Å². The maximum atomic E-state index is 12.9. The summed E-state index contributed by atoms with van der Waals surface area (Å²) in [6, 6.07) is 5.97. The lowest BCUT2D eigenvalue weighted by atomic mass is 10.0. The molecule has 0 heterocycles. The molecule has 0 aliphatic heterocycles. The van der Waals surface area contributed by atoms with Gasteiger partial charge in [0.25, 0.3) is 0 Å². The fraction of sp³-hybridized carbons (Fsp3) is 0.385. The van der Waals surface area contributed by atoms with Crippen LogP contribution >= 0.6 is 0 Å². The highest BCUT2D eigenvalue weighted by molar-refractivity contribution is 5.20. The van der Waals surface area contributed by atoms with Gasteiger partial charge in [0.15, 0.2) is 0 Å². The number of hydrogen-bond acceptors (Lipinski definition) is 1. The van der Waals surface area contributed by atoms with E-state index < -0.39 is 12.2 Å². The van der Waals surface area contributed by atoms with E-state index in [-0.39, 0.29) is 11.6 Å². The van der Waals surface area contributed by atoms with Crippen molar-refractivity contribution in [1.82, 2.24) is 5.32 Å². The standard InChI is InChI=1S/C13H16F3N/c1-3-7-10(2)17-12(13(14,15)16)11-8-5-4-6-9-11/h3-6,8-10,12,17H,1,7H2,2H3. The molecule has 1 rings (SSSR count). The predicted octanol–water partition coefficient (Wildman–Crippen LogP) is 3.84. The molecular weight excluding hydrogens is 227 g/mol. The Morgan fingerprint density at radius 2 is 1.88 bits per heavy atom. The third-order valence-corrected chi connectivity index (χ3v) is 2.43. The van der Waals surface area contributed by atoms with E-state index in [0.29, 0.717) is 6.42 Å². The molecule has 0 saturated carbocycles. The van der Waals surface area contributed by atoms with Gasteiger partial charge in [-0.25, -0.2) is 0 Å². The smallest absolute Gasteiger partial charge is 0.300 e. The lowest BCUT2D eigenvalue weighted by molar-refractivity contribution is -0.159. The van der Waals surface area contributed by atoms with Gasteiger partial charge < -0.3 is 0 Å². The summed E-state index contributed by atoms with van der Waals surface area (Å²) in [6.45, 7) is 5.23. The Kier molecular flexibility index (Phi) is 4.75. The van der Waals surface area contributed by atoms with Crippen LogP contribution in [0.1, 0.15) is 24.9 Å². The third-order valence-electron chi connectivity index (χ3n) is 2.43. The van der Waals surface area contributed by atoms with Crippen LogP contribution in [0.5, 0.6) is 0 Å². The van der Waals surface area contributed by atoms with Crippen molar-refractivity contribution in [3.8, 4) is 0 Å². The van der Waals surface area contributed by atoms with Gasteiger partial charge in [-0.15, -0.1) is 6.58 Å². The molecule has 0 aliphatic rings. The number of hydrogen-bond donors (Lipinski definition) is 1. The largest absolute Gasteiger partial charge is 0.407 e. The Morgan fingerprint density at radius 3 is 2.35 bits per heavy atom. The minimum absolute atomic E-state index is 0.232. The topological polar surface area (TPSA) is 12.0 Å². The summed E-state index contributed by atoms with van der Waals surface area (Å²) >= 11 is 0. The fourth-order valence-electron chi connectivity index (χ4n) is 1.63. The molecule has 1 aromatic rings. The lowest BCUT2D eigenvalue weighted by Gasteiger charge is -2.25. The van der Waals surface area contributed by atoms with E-state index in [1.165, 1.54) is 12.1 Å². The van der Waals surface area contributed by atoms with Crippen molar-refractivity contribution in [2.45, 2.75) is 31.6 Å². The van der Waals surface area contributed by atoms with Gasteiger partial charge in [0, 0.05) is 6.04 Å². The predicted molar refractivity (Wildman–Crippen MR) is 62.6 cm³/mol. The van der Waals surface area contributed by atoms with E-state index in [9.17, 15) is 13.2 Å². The zero-order valence-corrected chi connectivity index (χ0v) is 9.67. The first-order chi connectivity index (χ1) is 7.95. The van der Waals surface area contributed by atoms with Gasteiger partial charge in [-0.2, -0.15) is 13.2 Å². The van der Waals surface area contributed by atoms with Crippen LogP contribution in [0.25, 0.3) is 0 Å². The first kappa shape index (κ1) is 13.8. The molecule has 2 atom stereocenters. The summed E-state index contributed by atoms with van der Waals surface area (Å²) in [4.78, 5) is 0. The Morgan fingerprint density at radius 1 is 1.29 bits per heavy atom. The quantitative estimate of drug-likeness (QED) is 0.775. The summed E-state index contributed by atoms with van der Waals surface area (Å²) in [5.74, 6) is 0. The Hall–Kier alpha value is -1.29. The molecule has 4 heteroatoms. The Balaban J connectivity index is 2.86. The molecule has 1 N–H and O–H groups in total. The highest BCUT2D eigenvalue weighted by Crippen LogP contribution is 2.33. The molecule has 1 aromatic carbocycles. The molecule has 0 aliphatic carbocycles. The fourth-order valence-corrected chi connectivity index (χ4v) is 1.63.